The van der Waals surface area contributed by atoms with E-state index < -0.39 is 29.6 Å². The highest BCUT2D eigenvalue weighted by molar-refractivity contribution is 6.05. The Morgan fingerprint density at radius 1 is 0.952 bits per heavy atom. The number of fused-ring (bicyclic) bond motifs is 1. The molecule has 3 N–H and O–H groups in total. The first-order chi connectivity index (χ1) is 20.0. The second-order valence-corrected chi connectivity index (χ2v) is 10.3. The quantitative estimate of drug-likeness (QED) is 0.218. The number of methoxy groups -OCH3 is 1. The highest BCUT2D eigenvalue weighted by atomic mass is 16.7. The van der Waals surface area contributed by atoms with Gasteiger partial charge in [0.2, 0.25) is 6.29 Å². The first kappa shape index (κ1) is 30.3. The average Bonchev–Trinajstić information content (AvgIpc) is 2.95. The van der Waals surface area contributed by atoms with E-state index in [9.17, 15) is 9.59 Å². The van der Waals surface area contributed by atoms with E-state index in [-0.39, 0.29) is 11.8 Å². The summed E-state index contributed by atoms with van der Waals surface area (Å²) < 4.78 is 23.5. The summed E-state index contributed by atoms with van der Waals surface area (Å²) in [6.07, 6.45) is -0.788. The molecule has 2 atom stereocenters. The zero-order chi connectivity index (χ0) is 30.4. The van der Waals surface area contributed by atoms with Crippen LogP contribution < -0.4 is 15.7 Å². The van der Waals surface area contributed by atoms with Crippen LogP contribution in [0.3, 0.4) is 0 Å². The number of rotatable bonds is 6. The smallest absolute Gasteiger partial charge is 0.465 e. The van der Waals surface area contributed by atoms with Gasteiger partial charge in [-0.15, -0.1) is 0 Å². The minimum atomic E-state index is -1.83. The van der Waals surface area contributed by atoms with Crippen molar-refractivity contribution in [2.24, 2.45) is 0 Å². The Morgan fingerprint density at radius 3 is 2.31 bits per heavy atom. The number of aryl methyl sites for hydroxylation is 1. The van der Waals surface area contributed by atoms with Gasteiger partial charge in [-0.2, -0.15) is 0 Å². The van der Waals surface area contributed by atoms with Crippen LogP contribution in [0.4, 0.5) is 10.5 Å². The lowest BCUT2D eigenvalue weighted by Gasteiger charge is -2.41. The maximum atomic E-state index is 13.0. The van der Waals surface area contributed by atoms with Crippen LogP contribution in [-0.2, 0) is 9.47 Å². The summed E-state index contributed by atoms with van der Waals surface area (Å²) >= 11 is 0. The number of hydrogen-bond donors (Lipinski definition) is 3. The van der Waals surface area contributed by atoms with Gasteiger partial charge in [0.05, 0.1) is 11.7 Å². The van der Waals surface area contributed by atoms with Crippen LogP contribution in [0.25, 0.3) is 22.1 Å². The third-order valence-electron chi connectivity index (χ3n) is 7.00. The van der Waals surface area contributed by atoms with Gasteiger partial charge in [-0.05, 0) is 68.7 Å². The van der Waals surface area contributed by atoms with E-state index in [1.165, 1.54) is 0 Å². The number of amides is 1. The zero-order valence-electron chi connectivity index (χ0n) is 23.7. The number of carboxylic acid groups (broad SMARTS) is 2. The largest absolute Gasteiger partial charge is 0.503 e. The molecule has 1 amide bonds. The molecule has 42 heavy (non-hydrogen) atoms. The lowest BCUT2D eigenvalue weighted by molar-refractivity contribution is -0.233. The molecule has 2 heterocycles. The molecule has 10 nitrogen and oxygen atoms in total. The molecule has 1 fully saturated rings. The summed E-state index contributed by atoms with van der Waals surface area (Å²) in [6, 6.07) is 22.3. The SMILES string of the molecule is COC1CCC(Oc2ccc3cc(NC(=O)c4cccc(-c5ccccc5)c4)c(=O)oc3c2C)OC1(C)C.O=C(O)O. The van der Waals surface area contributed by atoms with E-state index in [0.717, 1.165) is 17.5 Å². The normalized spacial score (nSPS) is 17.5. The molecule has 0 bridgehead atoms. The van der Waals surface area contributed by atoms with Crippen LogP contribution in [-0.4, -0.2) is 47.4 Å². The summed E-state index contributed by atoms with van der Waals surface area (Å²) in [7, 11) is 1.69. The predicted molar refractivity (Wildman–Crippen MR) is 157 cm³/mol. The predicted octanol–water partition coefficient (Wildman–Crippen LogP) is 6.55. The van der Waals surface area contributed by atoms with Crippen molar-refractivity contribution >= 4 is 28.7 Å². The Labute approximate surface area is 242 Å². The van der Waals surface area contributed by atoms with Crippen LogP contribution in [0.2, 0.25) is 0 Å². The number of benzene rings is 3. The number of hydrogen-bond acceptors (Lipinski definition) is 7. The van der Waals surface area contributed by atoms with Crippen LogP contribution >= 0.6 is 0 Å². The minimum Gasteiger partial charge on any atom is -0.465 e. The zero-order valence-corrected chi connectivity index (χ0v) is 23.7. The number of nitrogens with one attached hydrogen (secondary N) is 1. The number of anilines is 1. The van der Waals surface area contributed by atoms with Crippen molar-refractivity contribution < 1.29 is 38.4 Å². The van der Waals surface area contributed by atoms with Gasteiger partial charge in [0.15, 0.2) is 0 Å². The highest BCUT2D eigenvalue weighted by Gasteiger charge is 2.39. The average molecular weight is 576 g/mol. The van der Waals surface area contributed by atoms with Crippen molar-refractivity contribution in [2.75, 3.05) is 12.4 Å². The molecule has 1 aliphatic heterocycles. The molecular weight excluding hydrogens is 542 g/mol. The van der Waals surface area contributed by atoms with Crippen molar-refractivity contribution in [3.8, 4) is 16.9 Å². The second-order valence-electron chi connectivity index (χ2n) is 10.3. The Kier molecular flexibility index (Phi) is 9.29. The van der Waals surface area contributed by atoms with Crippen LogP contribution in [0.1, 0.15) is 42.6 Å². The monoisotopic (exact) mass is 575 g/mol. The summed E-state index contributed by atoms with van der Waals surface area (Å²) in [5.41, 5.74) is 2.40. The summed E-state index contributed by atoms with van der Waals surface area (Å²) in [5.74, 6) is 0.185. The fraction of sp³-hybridized carbons (Fsp3) is 0.281. The van der Waals surface area contributed by atoms with Gasteiger partial charge in [0.1, 0.15) is 17.0 Å². The van der Waals surface area contributed by atoms with Gasteiger partial charge < -0.3 is 34.2 Å². The van der Waals surface area contributed by atoms with E-state index in [1.54, 1.807) is 31.4 Å². The van der Waals surface area contributed by atoms with Crippen molar-refractivity contribution in [3.63, 3.8) is 0 Å². The summed E-state index contributed by atoms with van der Waals surface area (Å²) in [6.45, 7) is 5.80. The molecule has 2 unspecified atom stereocenters. The molecule has 3 aromatic carbocycles. The third kappa shape index (κ3) is 7.15. The fourth-order valence-corrected chi connectivity index (χ4v) is 4.92. The molecule has 220 valence electrons. The maximum absolute atomic E-state index is 13.0. The standard InChI is InChI=1S/C31H31NO6.CH2O3/c1-19-25(36-27-16-15-26(35-4)31(2,3)38-27)14-13-22-18-24(30(34)37-28(19)22)32-29(33)23-12-8-11-21(17-23)20-9-6-5-7-10-20;2-1(3)4/h5-14,17-18,26-27H,15-16H2,1-4H3,(H,32,33);(H2,2,3,4). The summed E-state index contributed by atoms with van der Waals surface area (Å²) in [5, 5.41) is 17.3. The third-order valence-corrected chi connectivity index (χ3v) is 7.00. The van der Waals surface area contributed by atoms with E-state index in [4.69, 9.17) is 33.6 Å². The highest BCUT2D eigenvalue weighted by Crippen LogP contribution is 2.34. The molecule has 0 aliphatic carbocycles. The van der Waals surface area contributed by atoms with Crippen molar-refractivity contribution in [1.82, 2.24) is 0 Å². The minimum absolute atomic E-state index is 0.00693. The fourth-order valence-electron chi connectivity index (χ4n) is 4.92. The molecule has 1 aromatic heterocycles. The van der Waals surface area contributed by atoms with Gasteiger partial charge in [-0.25, -0.2) is 9.59 Å². The number of carbonyl (C=O) groups is 2. The van der Waals surface area contributed by atoms with Crippen LogP contribution in [0.15, 0.2) is 82.0 Å². The van der Waals surface area contributed by atoms with Crippen molar-refractivity contribution in [1.29, 1.82) is 0 Å². The molecule has 4 aromatic rings. The van der Waals surface area contributed by atoms with Gasteiger partial charge in [-0.3, -0.25) is 4.79 Å². The van der Waals surface area contributed by atoms with E-state index in [1.807, 2.05) is 69.3 Å². The Balaban J connectivity index is 0.000000952. The van der Waals surface area contributed by atoms with Crippen molar-refractivity contribution in [3.05, 3.63) is 94.3 Å². The molecule has 0 spiro atoms. The number of ether oxygens (including phenoxy) is 3. The van der Waals surface area contributed by atoms with Gasteiger partial charge in [0.25, 0.3) is 5.91 Å². The Hall–Kier alpha value is -4.67. The topological polar surface area (TPSA) is 145 Å². The lowest BCUT2D eigenvalue weighted by Crippen LogP contribution is -2.49. The molecule has 10 heteroatoms. The Bertz CT molecular complexity index is 1620. The molecule has 0 saturated carbocycles. The van der Waals surface area contributed by atoms with Gasteiger partial charge in [-0.1, -0.05) is 42.5 Å². The van der Waals surface area contributed by atoms with Crippen LogP contribution in [0.5, 0.6) is 5.75 Å². The lowest BCUT2D eigenvalue weighted by atomic mass is 9.94. The van der Waals surface area contributed by atoms with E-state index >= 15 is 0 Å². The molecule has 0 radical (unpaired) electrons. The summed E-state index contributed by atoms with van der Waals surface area (Å²) in [4.78, 5) is 34.4. The maximum Gasteiger partial charge on any atom is 0.503 e. The van der Waals surface area contributed by atoms with E-state index in [2.05, 4.69) is 5.32 Å². The van der Waals surface area contributed by atoms with Gasteiger partial charge in [0, 0.05) is 30.0 Å². The molecule has 1 aliphatic rings. The van der Waals surface area contributed by atoms with Crippen molar-refractivity contribution in [2.45, 2.75) is 51.6 Å². The molecule has 5 rings (SSSR count). The number of carbonyl (C=O) groups excluding carboxylic acids is 1. The molecular formula is C32H33NO9. The van der Waals surface area contributed by atoms with Crippen LogP contribution in [0, 0.1) is 6.92 Å². The first-order valence-corrected chi connectivity index (χ1v) is 13.3. The molecule has 1 saturated heterocycles. The van der Waals surface area contributed by atoms with E-state index in [0.29, 0.717) is 34.3 Å². The Morgan fingerprint density at radius 2 is 1.64 bits per heavy atom. The first-order valence-electron chi connectivity index (χ1n) is 13.3. The van der Waals surface area contributed by atoms with Gasteiger partial charge >= 0.3 is 11.8 Å². The second kappa shape index (κ2) is 12.9.